The van der Waals surface area contributed by atoms with Crippen LogP contribution in [0.5, 0.6) is 0 Å². The molecule has 0 amide bonds. The number of carbonyl (C=O) groups excluding carboxylic acids is 4. The topological polar surface area (TPSA) is 143 Å². The van der Waals surface area contributed by atoms with Gasteiger partial charge in [-0.05, 0) is 0 Å². The Morgan fingerprint density at radius 2 is 1.23 bits per heavy atom. The van der Waals surface area contributed by atoms with Gasteiger partial charge in [-0.3, -0.25) is 5.32 Å². The van der Waals surface area contributed by atoms with E-state index in [1.54, 1.807) is 0 Å². The molecule has 26 heavy (non-hydrogen) atoms. The fourth-order valence-electron chi connectivity index (χ4n) is 1.39. The first-order valence-corrected chi connectivity index (χ1v) is 7.11. The molecule has 0 bridgehead atoms. The fourth-order valence-corrected chi connectivity index (χ4v) is 1.39. The molecule has 0 saturated carbocycles. The molecule has 10 heteroatoms. The molecule has 10 nitrogen and oxygen atoms in total. The number of hydrogen-bond donors (Lipinski definition) is 2. The molecule has 0 spiro atoms. The van der Waals surface area contributed by atoms with Crippen molar-refractivity contribution in [3.63, 3.8) is 0 Å². The molecule has 0 fully saturated rings. The highest BCUT2D eigenvalue weighted by Gasteiger charge is 2.53. The summed E-state index contributed by atoms with van der Waals surface area (Å²) < 4.78 is 19.6. The zero-order chi connectivity index (χ0) is 20.2. The summed E-state index contributed by atoms with van der Waals surface area (Å²) in [5.74, 6) is -7.34. The quantitative estimate of drug-likeness (QED) is 0.261. The first-order chi connectivity index (χ1) is 12.3. The van der Waals surface area contributed by atoms with Crippen LogP contribution in [0.25, 0.3) is 0 Å². The lowest BCUT2D eigenvalue weighted by Gasteiger charge is -2.35. The van der Waals surface area contributed by atoms with Crippen molar-refractivity contribution in [1.29, 1.82) is 0 Å². The minimum absolute atomic E-state index is 0.0141. The molecule has 0 rings (SSSR count). The van der Waals surface area contributed by atoms with Gasteiger partial charge in [0.05, 0.1) is 0 Å². The zero-order valence-corrected chi connectivity index (χ0v) is 14.0. The standard InChI is InChI=1S/C16H20N2O8/c1-5-11(19)23-15(18-10-9-17)16(24-12(20)6-2,25-13(21)7-3)26-14(22)8-4/h5-8,15,18H,1-4,9-10,17H2. The maximum atomic E-state index is 11.7. The Hall–Kier alpha value is -3.24. The summed E-state index contributed by atoms with van der Waals surface area (Å²) in [5, 5.41) is 2.51. The second-order valence-electron chi connectivity index (χ2n) is 4.24. The Morgan fingerprint density at radius 1 is 0.846 bits per heavy atom. The third-order valence-electron chi connectivity index (χ3n) is 2.42. The summed E-state index contributed by atoms with van der Waals surface area (Å²) in [4.78, 5) is 46.7. The van der Waals surface area contributed by atoms with E-state index in [4.69, 9.17) is 24.7 Å². The Morgan fingerprint density at radius 3 is 1.54 bits per heavy atom. The molecule has 1 unspecified atom stereocenters. The lowest BCUT2D eigenvalue weighted by atomic mass is 10.4. The summed E-state index contributed by atoms with van der Waals surface area (Å²) in [6.07, 6.45) is 1.09. The Labute approximate surface area is 149 Å². The van der Waals surface area contributed by atoms with E-state index in [2.05, 4.69) is 31.6 Å². The van der Waals surface area contributed by atoms with Crippen LogP contribution < -0.4 is 11.1 Å². The van der Waals surface area contributed by atoms with Gasteiger partial charge in [0.2, 0.25) is 0 Å². The number of nitrogens with one attached hydrogen (secondary N) is 1. The molecular formula is C16H20N2O8. The van der Waals surface area contributed by atoms with Crippen molar-refractivity contribution in [3.8, 4) is 0 Å². The number of nitrogens with two attached hydrogens (primary N) is 1. The molecule has 0 aromatic heterocycles. The van der Waals surface area contributed by atoms with Gasteiger partial charge in [0, 0.05) is 37.4 Å². The first-order valence-electron chi connectivity index (χ1n) is 7.11. The van der Waals surface area contributed by atoms with E-state index < -0.39 is 36.1 Å². The van der Waals surface area contributed by atoms with Crippen LogP contribution >= 0.6 is 0 Å². The van der Waals surface area contributed by atoms with Gasteiger partial charge in [-0.15, -0.1) is 0 Å². The number of hydrogen-bond acceptors (Lipinski definition) is 10. The maximum Gasteiger partial charge on any atom is 0.478 e. The van der Waals surface area contributed by atoms with Gasteiger partial charge in [0.1, 0.15) is 0 Å². The molecule has 0 aromatic carbocycles. The van der Waals surface area contributed by atoms with Gasteiger partial charge in [-0.1, -0.05) is 26.3 Å². The highest BCUT2D eigenvalue weighted by atomic mass is 16.9. The lowest BCUT2D eigenvalue weighted by Crippen LogP contribution is -2.60. The van der Waals surface area contributed by atoms with Gasteiger partial charge < -0.3 is 24.7 Å². The zero-order valence-electron chi connectivity index (χ0n) is 14.0. The highest BCUT2D eigenvalue weighted by Crippen LogP contribution is 2.24. The van der Waals surface area contributed by atoms with Crippen LogP contribution in [-0.4, -0.2) is 49.2 Å². The summed E-state index contributed by atoms with van der Waals surface area (Å²) in [6.45, 7) is 12.8. The first kappa shape index (κ1) is 22.8. The number of carbonyl (C=O) groups is 4. The van der Waals surface area contributed by atoms with E-state index in [0.717, 1.165) is 6.08 Å². The van der Waals surface area contributed by atoms with Crippen LogP contribution in [-0.2, 0) is 38.1 Å². The van der Waals surface area contributed by atoms with Gasteiger partial charge in [0.15, 0.2) is 0 Å². The third-order valence-corrected chi connectivity index (χ3v) is 2.42. The Balaban J connectivity index is 6.19. The van der Waals surface area contributed by atoms with Crippen molar-refractivity contribution in [2.75, 3.05) is 13.1 Å². The molecule has 0 saturated heterocycles. The van der Waals surface area contributed by atoms with Crippen molar-refractivity contribution < 1.29 is 38.1 Å². The third kappa shape index (κ3) is 7.11. The highest BCUT2D eigenvalue weighted by molar-refractivity contribution is 5.85. The van der Waals surface area contributed by atoms with Crippen molar-refractivity contribution >= 4 is 23.9 Å². The minimum atomic E-state index is -2.85. The fraction of sp³-hybridized carbons (Fsp3) is 0.250. The second kappa shape index (κ2) is 11.3. The predicted molar refractivity (Wildman–Crippen MR) is 88.7 cm³/mol. The van der Waals surface area contributed by atoms with E-state index in [0.29, 0.717) is 18.2 Å². The summed E-state index contributed by atoms with van der Waals surface area (Å²) in [7, 11) is 0. The van der Waals surface area contributed by atoms with Crippen LogP contribution in [0, 0.1) is 0 Å². The average molecular weight is 368 g/mol. The van der Waals surface area contributed by atoms with Crippen LogP contribution in [0.2, 0.25) is 0 Å². The molecule has 0 radical (unpaired) electrons. The smallest absolute Gasteiger partial charge is 0.430 e. The van der Waals surface area contributed by atoms with Crippen LogP contribution in [0.4, 0.5) is 0 Å². The van der Waals surface area contributed by atoms with Gasteiger partial charge >= 0.3 is 29.9 Å². The molecular weight excluding hydrogens is 348 g/mol. The molecule has 142 valence electrons. The van der Waals surface area contributed by atoms with Crippen LogP contribution in [0.3, 0.4) is 0 Å². The summed E-state index contributed by atoms with van der Waals surface area (Å²) >= 11 is 0. The van der Waals surface area contributed by atoms with Gasteiger partial charge in [0.25, 0.3) is 6.23 Å². The largest absolute Gasteiger partial charge is 0.478 e. The predicted octanol–water partition coefficient (Wildman–Crippen LogP) is -0.569. The lowest BCUT2D eigenvalue weighted by molar-refractivity contribution is -0.363. The van der Waals surface area contributed by atoms with E-state index in [-0.39, 0.29) is 13.1 Å². The van der Waals surface area contributed by atoms with Crippen LogP contribution in [0.1, 0.15) is 0 Å². The number of rotatable bonds is 12. The van der Waals surface area contributed by atoms with E-state index >= 15 is 0 Å². The van der Waals surface area contributed by atoms with Crippen LogP contribution in [0.15, 0.2) is 50.6 Å². The SMILES string of the molecule is C=CC(=O)OC(NCCN)C(OC(=O)C=C)(OC(=O)C=C)OC(=O)C=C. The van der Waals surface area contributed by atoms with Crippen molar-refractivity contribution in [3.05, 3.63) is 50.6 Å². The number of esters is 4. The molecule has 0 aliphatic heterocycles. The van der Waals surface area contributed by atoms with E-state index in [9.17, 15) is 19.2 Å². The molecule has 0 heterocycles. The monoisotopic (exact) mass is 368 g/mol. The molecule has 0 aliphatic carbocycles. The van der Waals surface area contributed by atoms with Gasteiger partial charge in [-0.25, -0.2) is 19.2 Å². The summed E-state index contributed by atoms with van der Waals surface area (Å²) in [5.41, 5.74) is 5.37. The van der Waals surface area contributed by atoms with Gasteiger partial charge in [-0.2, -0.15) is 0 Å². The van der Waals surface area contributed by atoms with Crippen molar-refractivity contribution in [2.45, 2.75) is 12.2 Å². The number of ether oxygens (including phenoxy) is 4. The Bertz CT molecular complexity index is 544. The Kier molecular flexibility index (Phi) is 9.93. The normalized spacial score (nSPS) is 11.3. The molecule has 0 aliphatic rings. The minimum Gasteiger partial charge on any atom is -0.430 e. The van der Waals surface area contributed by atoms with Crippen molar-refractivity contribution in [1.82, 2.24) is 5.32 Å². The maximum absolute atomic E-state index is 11.7. The second-order valence-corrected chi connectivity index (χ2v) is 4.24. The van der Waals surface area contributed by atoms with E-state index in [1.165, 1.54) is 0 Å². The van der Waals surface area contributed by atoms with Crippen molar-refractivity contribution in [2.24, 2.45) is 5.73 Å². The molecule has 1 atom stereocenters. The molecule has 3 N–H and O–H groups in total. The average Bonchev–Trinajstić information content (AvgIpc) is 2.63. The summed E-state index contributed by atoms with van der Waals surface area (Å²) in [6, 6.07) is 0. The molecule has 0 aromatic rings. The van der Waals surface area contributed by atoms with E-state index in [1.807, 2.05) is 0 Å².